The first kappa shape index (κ1) is 21.3. The summed E-state index contributed by atoms with van der Waals surface area (Å²) in [4.78, 5) is 25.8. The van der Waals surface area contributed by atoms with E-state index >= 15 is 0 Å². The standard InChI is InChI=1S/C21H17Cl2NO4S/c1-3-8-24-20(25)19(29-21(24)26)10-13-4-7-17(18(9-13)27-2)28-12-14-5-6-15(22)11-16(14)23/h3-7,9-11H,1,8,12H2,2H3/b19-10-. The largest absolute Gasteiger partial charge is 0.493 e. The lowest BCUT2D eigenvalue weighted by Crippen LogP contribution is -2.27. The molecule has 1 saturated heterocycles. The summed E-state index contributed by atoms with van der Waals surface area (Å²) in [7, 11) is 1.53. The van der Waals surface area contributed by atoms with Crippen molar-refractivity contribution in [3.63, 3.8) is 0 Å². The second kappa shape index (κ2) is 9.39. The molecule has 29 heavy (non-hydrogen) atoms. The molecule has 0 unspecified atom stereocenters. The molecule has 2 aromatic carbocycles. The van der Waals surface area contributed by atoms with Gasteiger partial charge in [-0.1, -0.05) is 41.4 Å². The Bertz CT molecular complexity index is 1010. The van der Waals surface area contributed by atoms with Crippen molar-refractivity contribution in [3.8, 4) is 11.5 Å². The zero-order chi connectivity index (χ0) is 21.0. The van der Waals surface area contributed by atoms with Gasteiger partial charge in [0.25, 0.3) is 11.1 Å². The summed E-state index contributed by atoms with van der Waals surface area (Å²) in [5, 5.41) is 0.759. The number of methoxy groups -OCH3 is 1. The van der Waals surface area contributed by atoms with Gasteiger partial charge in [0.1, 0.15) is 6.61 Å². The number of imide groups is 1. The third-order valence-electron chi connectivity index (χ3n) is 4.07. The SMILES string of the molecule is C=CCN1C(=O)S/C(=C\c2ccc(OCc3ccc(Cl)cc3Cl)c(OC)c2)C1=O. The highest BCUT2D eigenvalue weighted by Crippen LogP contribution is 2.35. The van der Waals surface area contributed by atoms with Gasteiger partial charge in [0, 0.05) is 22.2 Å². The van der Waals surface area contributed by atoms with E-state index in [0.717, 1.165) is 22.2 Å². The van der Waals surface area contributed by atoms with Gasteiger partial charge in [0.2, 0.25) is 0 Å². The number of benzene rings is 2. The van der Waals surface area contributed by atoms with E-state index in [4.69, 9.17) is 32.7 Å². The van der Waals surface area contributed by atoms with Crippen LogP contribution in [0, 0.1) is 0 Å². The Morgan fingerprint density at radius 2 is 1.93 bits per heavy atom. The van der Waals surface area contributed by atoms with E-state index in [1.165, 1.54) is 13.2 Å². The molecule has 2 aromatic rings. The molecule has 0 aromatic heterocycles. The summed E-state index contributed by atoms with van der Waals surface area (Å²) in [6.45, 7) is 3.99. The highest BCUT2D eigenvalue weighted by atomic mass is 35.5. The van der Waals surface area contributed by atoms with Gasteiger partial charge in [-0.25, -0.2) is 0 Å². The molecule has 1 heterocycles. The molecule has 5 nitrogen and oxygen atoms in total. The van der Waals surface area contributed by atoms with Gasteiger partial charge < -0.3 is 9.47 Å². The summed E-state index contributed by atoms with van der Waals surface area (Å²) in [6.07, 6.45) is 3.16. The zero-order valence-electron chi connectivity index (χ0n) is 15.5. The number of carbonyl (C=O) groups excluding carboxylic acids is 2. The fraction of sp³-hybridized carbons (Fsp3) is 0.143. The van der Waals surface area contributed by atoms with Crippen molar-refractivity contribution in [2.75, 3.05) is 13.7 Å². The number of carbonyl (C=O) groups is 2. The van der Waals surface area contributed by atoms with E-state index in [9.17, 15) is 9.59 Å². The van der Waals surface area contributed by atoms with Crippen molar-refractivity contribution in [3.05, 3.63) is 75.1 Å². The number of nitrogens with zero attached hydrogens (tertiary/aromatic N) is 1. The average Bonchev–Trinajstić information content (AvgIpc) is 2.95. The number of thioether (sulfide) groups is 1. The summed E-state index contributed by atoms with van der Waals surface area (Å²) >= 11 is 13.0. The molecule has 0 saturated carbocycles. The Labute approximate surface area is 182 Å². The van der Waals surface area contributed by atoms with Gasteiger partial charge in [-0.05, 0) is 47.7 Å². The molecule has 0 N–H and O–H groups in total. The molecule has 1 aliphatic rings. The Morgan fingerprint density at radius 3 is 2.62 bits per heavy atom. The van der Waals surface area contributed by atoms with Crippen LogP contribution in [0.3, 0.4) is 0 Å². The summed E-state index contributed by atoms with van der Waals surface area (Å²) < 4.78 is 11.2. The van der Waals surface area contributed by atoms with Crippen molar-refractivity contribution in [2.24, 2.45) is 0 Å². The van der Waals surface area contributed by atoms with Crippen LogP contribution in [0.2, 0.25) is 10.0 Å². The van der Waals surface area contributed by atoms with Crippen LogP contribution >= 0.6 is 35.0 Å². The van der Waals surface area contributed by atoms with Crippen LogP contribution in [0.5, 0.6) is 11.5 Å². The summed E-state index contributed by atoms with van der Waals surface area (Å²) in [5.74, 6) is 0.682. The second-order valence-electron chi connectivity index (χ2n) is 6.02. The lowest BCUT2D eigenvalue weighted by molar-refractivity contribution is -0.122. The fourth-order valence-electron chi connectivity index (χ4n) is 2.63. The minimum atomic E-state index is -0.337. The van der Waals surface area contributed by atoms with Crippen LogP contribution in [0.1, 0.15) is 11.1 Å². The van der Waals surface area contributed by atoms with Gasteiger partial charge in [-0.15, -0.1) is 6.58 Å². The maximum atomic E-state index is 12.3. The van der Waals surface area contributed by atoms with Crippen molar-refractivity contribution in [2.45, 2.75) is 6.61 Å². The van der Waals surface area contributed by atoms with Crippen LogP contribution in [-0.4, -0.2) is 29.7 Å². The van der Waals surface area contributed by atoms with Crippen molar-refractivity contribution < 1.29 is 19.1 Å². The maximum Gasteiger partial charge on any atom is 0.293 e. The molecule has 0 spiro atoms. The van der Waals surface area contributed by atoms with Crippen molar-refractivity contribution >= 4 is 52.2 Å². The van der Waals surface area contributed by atoms with E-state index in [0.29, 0.717) is 32.0 Å². The third-order valence-corrected chi connectivity index (χ3v) is 5.56. The van der Waals surface area contributed by atoms with Gasteiger partial charge in [0.15, 0.2) is 11.5 Å². The fourth-order valence-corrected chi connectivity index (χ4v) is 3.94. The van der Waals surface area contributed by atoms with Gasteiger partial charge in [-0.2, -0.15) is 0 Å². The van der Waals surface area contributed by atoms with E-state index in [-0.39, 0.29) is 24.3 Å². The molecule has 150 valence electrons. The van der Waals surface area contributed by atoms with E-state index in [1.807, 2.05) is 0 Å². The number of hydrogen-bond acceptors (Lipinski definition) is 5. The minimum absolute atomic E-state index is 0.186. The maximum absolute atomic E-state index is 12.3. The van der Waals surface area contributed by atoms with Crippen molar-refractivity contribution in [1.29, 1.82) is 0 Å². The number of ether oxygens (including phenoxy) is 2. The van der Waals surface area contributed by atoms with Crippen LogP contribution in [0.25, 0.3) is 6.08 Å². The van der Waals surface area contributed by atoms with Crippen LogP contribution in [-0.2, 0) is 11.4 Å². The number of rotatable bonds is 7. The quantitative estimate of drug-likeness (QED) is 0.394. The van der Waals surface area contributed by atoms with Crippen molar-refractivity contribution in [1.82, 2.24) is 4.90 Å². The molecule has 1 fully saturated rings. The average molecular weight is 450 g/mol. The highest BCUT2D eigenvalue weighted by molar-refractivity contribution is 8.18. The van der Waals surface area contributed by atoms with Gasteiger partial charge in [0.05, 0.1) is 12.0 Å². The van der Waals surface area contributed by atoms with E-state index in [2.05, 4.69) is 6.58 Å². The second-order valence-corrected chi connectivity index (χ2v) is 7.85. The Morgan fingerprint density at radius 1 is 1.14 bits per heavy atom. The first-order chi connectivity index (χ1) is 13.9. The predicted molar refractivity (Wildman–Crippen MR) is 117 cm³/mol. The number of halogens is 2. The molecule has 3 rings (SSSR count). The van der Waals surface area contributed by atoms with Gasteiger partial charge >= 0.3 is 0 Å². The Balaban J connectivity index is 1.77. The molecular weight excluding hydrogens is 433 g/mol. The highest BCUT2D eigenvalue weighted by Gasteiger charge is 2.34. The monoisotopic (exact) mass is 449 g/mol. The summed E-state index contributed by atoms with van der Waals surface area (Å²) in [6, 6.07) is 10.4. The topological polar surface area (TPSA) is 55.8 Å². The predicted octanol–water partition coefficient (Wildman–Crippen LogP) is 5.80. The lowest BCUT2D eigenvalue weighted by atomic mass is 10.1. The third kappa shape index (κ3) is 4.96. The van der Waals surface area contributed by atoms with Crippen LogP contribution < -0.4 is 9.47 Å². The first-order valence-electron chi connectivity index (χ1n) is 8.54. The molecule has 0 bridgehead atoms. The minimum Gasteiger partial charge on any atom is -0.493 e. The molecular formula is C21H17Cl2NO4S. The Hall–Kier alpha value is -2.41. The molecule has 0 atom stereocenters. The molecule has 0 aliphatic carbocycles. The Kier molecular flexibility index (Phi) is 6.90. The first-order valence-corrected chi connectivity index (χ1v) is 10.1. The molecule has 0 radical (unpaired) electrons. The molecule has 8 heteroatoms. The normalized spacial score (nSPS) is 15.1. The van der Waals surface area contributed by atoms with Crippen LogP contribution in [0.4, 0.5) is 4.79 Å². The molecule has 2 amide bonds. The smallest absolute Gasteiger partial charge is 0.293 e. The summed E-state index contributed by atoms with van der Waals surface area (Å²) in [5.41, 5.74) is 1.50. The zero-order valence-corrected chi connectivity index (χ0v) is 17.8. The molecule has 1 aliphatic heterocycles. The number of hydrogen-bond donors (Lipinski definition) is 0. The van der Waals surface area contributed by atoms with E-state index in [1.54, 1.807) is 42.5 Å². The lowest BCUT2D eigenvalue weighted by Gasteiger charge is -2.12. The van der Waals surface area contributed by atoms with Gasteiger partial charge in [-0.3, -0.25) is 14.5 Å². The van der Waals surface area contributed by atoms with E-state index < -0.39 is 0 Å². The number of amides is 2. The van der Waals surface area contributed by atoms with Crippen LogP contribution in [0.15, 0.2) is 54.0 Å².